The average molecular weight is 293 g/mol. The molecule has 0 N–H and O–H groups in total. The van der Waals surface area contributed by atoms with E-state index in [1.165, 1.54) is 44.1 Å². The van der Waals surface area contributed by atoms with Crippen LogP contribution in [-0.2, 0) is 0 Å². The Morgan fingerprint density at radius 2 is 1.71 bits per heavy atom. The first-order valence-corrected chi connectivity index (χ1v) is 9.07. The average Bonchev–Trinajstić information content (AvgIpc) is 2.45. The van der Waals surface area contributed by atoms with Gasteiger partial charge in [0.1, 0.15) is 0 Å². The van der Waals surface area contributed by atoms with Gasteiger partial charge in [0.05, 0.1) is 0 Å². The molecule has 0 nitrogen and oxygen atoms in total. The zero-order valence-corrected chi connectivity index (χ0v) is 15.8. The Balaban J connectivity index is 4.35. The van der Waals surface area contributed by atoms with E-state index in [1.807, 2.05) is 6.08 Å². The second kappa shape index (κ2) is 10.2. The zero-order chi connectivity index (χ0) is 16.5. The van der Waals surface area contributed by atoms with Crippen LogP contribution in [0.25, 0.3) is 0 Å². The molecule has 21 heavy (non-hydrogen) atoms. The van der Waals surface area contributed by atoms with E-state index >= 15 is 0 Å². The predicted octanol–water partition coefficient (Wildman–Crippen LogP) is 7.41. The van der Waals surface area contributed by atoms with Crippen molar-refractivity contribution in [2.45, 2.75) is 87.0 Å². The minimum absolute atomic E-state index is 0.508. The molecule has 0 fully saturated rings. The molecule has 0 bridgehead atoms. The molecule has 0 aromatic heterocycles. The van der Waals surface area contributed by atoms with E-state index in [4.69, 9.17) is 0 Å². The highest BCUT2D eigenvalue weighted by atomic mass is 14.3. The van der Waals surface area contributed by atoms with Gasteiger partial charge in [-0.15, -0.1) is 0 Å². The van der Waals surface area contributed by atoms with Gasteiger partial charge in [-0.05, 0) is 54.9 Å². The van der Waals surface area contributed by atoms with Crippen molar-refractivity contribution in [2.24, 2.45) is 23.2 Å². The van der Waals surface area contributed by atoms with E-state index in [2.05, 4.69) is 61.1 Å². The van der Waals surface area contributed by atoms with Gasteiger partial charge in [0.2, 0.25) is 0 Å². The van der Waals surface area contributed by atoms with Crippen molar-refractivity contribution in [3.05, 3.63) is 24.3 Å². The SMILES string of the molecule is C=CC(=CC)C(C)C(C)C(C)CCC(C)(C)CCCCC. The molecular weight excluding hydrogens is 252 g/mol. The zero-order valence-electron chi connectivity index (χ0n) is 15.8. The highest BCUT2D eigenvalue weighted by Crippen LogP contribution is 2.35. The van der Waals surface area contributed by atoms with Crippen molar-refractivity contribution >= 4 is 0 Å². The first-order valence-electron chi connectivity index (χ1n) is 9.07. The van der Waals surface area contributed by atoms with Crippen LogP contribution in [0, 0.1) is 23.2 Å². The molecule has 0 spiro atoms. The van der Waals surface area contributed by atoms with Crippen LogP contribution < -0.4 is 0 Å². The molecule has 0 heteroatoms. The normalized spacial score (nSPS) is 17.4. The molecular formula is C21H40. The van der Waals surface area contributed by atoms with Crippen LogP contribution in [0.3, 0.4) is 0 Å². The molecule has 0 amide bonds. The summed E-state index contributed by atoms with van der Waals surface area (Å²) in [5, 5.41) is 0. The molecule has 0 aliphatic rings. The van der Waals surface area contributed by atoms with Crippen molar-refractivity contribution < 1.29 is 0 Å². The largest absolute Gasteiger partial charge is 0.0988 e. The summed E-state index contributed by atoms with van der Waals surface area (Å²) >= 11 is 0. The Hall–Kier alpha value is -0.520. The Kier molecular flexibility index (Phi) is 9.99. The third-order valence-electron chi connectivity index (χ3n) is 5.51. The van der Waals surface area contributed by atoms with Gasteiger partial charge < -0.3 is 0 Å². The standard InChI is InChI=1S/C21H40/c1-9-12-13-15-21(7,8)16-14-17(4)18(5)19(6)20(10-2)11-3/h10-11,17-19H,2,9,12-16H2,1,3-8H3. The smallest absolute Gasteiger partial charge is 0.0166 e. The highest BCUT2D eigenvalue weighted by Gasteiger charge is 2.24. The quantitative estimate of drug-likeness (QED) is 0.274. The van der Waals surface area contributed by atoms with Gasteiger partial charge in [0.15, 0.2) is 0 Å². The topological polar surface area (TPSA) is 0 Å². The third-order valence-corrected chi connectivity index (χ3v) is 5.51. The van der Waals surface area contributed by atoms with E-state index in [9.17, 15) is 0 Å². The highest BCUT2D eigenvalue weighted by molar-refractivity contribution is 5.18. The Bertz CT molecular complexity index is 308. The monoisotopic (exact) mass is 292 g/mol. The van der Waals surface area contributed by atoms with E-state index in [0.717, 1.165) is 11.8 Å². The van der Waals surface area contributed by atoms with Crippen LogP contribution in [0.2, 0.25) is 0 Å². The molecule has 0 aromatic carbocycles. The van der Waals surface area contributed by atoms with Gasteiger partial charge >= 0.3 is 0 Å². The van der Waals surface area contributed by atoms with E-state index in [0.29, 0.717) is 11.3 Å². The van der Waals surface area contributed by atoms with Crippen LogP contribution in [0.4, 0.5) is 0 Å². The maximum Gasteiger partial charge on any atom is -0.0166 e. The van der Waals surface area contributed by atoms with Crippen LogP contribution >= 0.6 is 0 Å². The van der Waals surface area contributed by atoms with Crippen molar-refractivity contribution in [1.82, 2.24) is 0 Å². The summed E-state index contributed by atoms with van der Waals surface area (Å²) in [6.45, 7) is 20.5. The van der Waals surface area contributed by atoms with Crippen LogP contribution in [-0.4, -0.2) is 0 Å². The second-order valence-electron chi connectivity index (χ2n) is 7.78. The summed E-state index contributed by atoms with van der Waals surface area (Å²) < 4.78 is 0. The fourth-order valence-corrected chi connectivity index (χ4v) is 3.22. The van der Waals surface area contributed by atoms with Gasteiger partial charge in [-0.3, -0.25) is 0 Å². The number of unbranched alkanes of at least 4 members (excludes halogenated alkanes) is 2. The number of rotatable bonds is 11. The molecule has 0 saturated heterocycles. The van der Waals surface area contributed by atoms with Crippen molar-refractivity contribution in [1.29, 1.82) is 0 Å². The molecule has 0 saturated carbocycles. The Labute approximate surface area is 135 Å². The van der Waals surface area contributed by atoms with Gasteiger partial charge in [0, 0.05) is 0 Å². The van der Waals surface area contributed by atoms with Crippen LogP contribution in [0.5, 0.6) is 0 Å². The summed E-state index contributed by atoms with van der Waals surface area (Å²) in [6.07, 6.45) is 12.4. The number of hydrogen-bond donors (Lipinski definition) is 0. The van der Waals surface area contributed by atoms with Crippen LogP contribution in [0.1, 0.15) is 87.0 Å². The minimum Gasteiger partial charge on any atom is -0.0988 e. The lowest BCUT2D eigenvalue weighted by atomic mass is 9.75. The lowest BCUT2D eigenvalue weighted by Crippen LogP contribution is -2.20. The fourth-order valence-electron chi connectivity index (χ4n) is 3.22. The molecule has 3 atom stereocenters. The first-order chi connectivity index (χ1) is 9.79. The lowest BCUT2D eigenvalue weighted by Gasteiger charge is -2.31. The molecule has 0 heterocycles. The van der Waals surface area contributed by atoms with Crippen molar-refractivity contribution in [3.63, 3.8) is 0 Å². The molecule has 124 valence electrons. The summed E-state index contributed by atoms with van der Waals surface area (Å²) in [5.41, 5.74) is 1.91. The van der Waals surface area contributed by atoms with Crippen molar-refractivity contribution in [3.8, 4) is 0 Å². The van der Waals surface area contributed by atoms with Gasteiger partial charge in [0.25, 0.3) is 0 Å². The summed E-state index contributed by atoms with van der Waals surface area (Å²) in [7, 11) is 0. The number of allylic oxidation sites excluding steroid dienone is 3. The van der Waals surface area contributed by atoms with Crippen molar-refractivity contribution in [2.75, 3.05) is 0 Å². The second-order valence-corrected chi connectivity index (χ2v) is 7.78. The van der Waals surface area contributed by atoms with Gasteiger partial charge in [-0.2, -0.15) is 0 Å². The summed E-state index contributed by atoms with van der Waals surface area (Å²) in [5.74, 6) is 2.12. The summed E-state index contributed by atoms with van der Waals surface area (Å²) in [6, 6.07) is 0. The number of hydrogen-bond acceptors (Lipinski definition) is 0. The molecule has 0 aliphatic carbocycles. The molecule has 3 unspecified atom stereocenters. The van der Waals surface area contributed by atoms with E-state index in [1.54, 1.807) is 0 Å². The molecule has 0 radical (unpaired) electrons. The van der Waals surface area contributed by atoms with Crippen LogP contribution in [0.15, 0.2) is 24.3 Å². The van der Waals surface area contributed by atoms with E-state index in [-0.39, 0.29) is 0 Å². The Morgan fingerprint density at radius 3 is 2.19 bits per heavy atom. The minimum atomic E-state index is 0.508. The predicted molar refractivity (Wildman–Crippen MR) is 98.6 cm³/mol. The molecule has 0 aliphatic heterocycles. The maximum absolute atomic E-state index is 3.95. The first kappa shape index (κ1) is 20.5. The summed E-state index contributed by atoms with van der Waals surface area (Å²) in [4.78, 5) is 0. The molecule has 0 rings (SSSR count). The maximum atomic E-state index is 3.95. The fraction of sp³-hybridized carbons (Fsp3) is 0.810. The Morgan fingerprint density at radius 1 is 1.10 bits per heavy atom. The third kappa shape index (κ3) is 7.88. The lowest BCUT2D eigenvalue weighted by molar-refractivity contribution is 0.225. The van der Waals surface area contributed by atoms with Gasteiger partial charge in [-0.25, -0.2) is 0 Å². The molecule has 0 aromatic rings. The van der Waals surface area contributed by atoms with Gasteiger partial charge in [-0.1, -0.05) is 79.5 Å². The van der Waals surface area contributed by atoms with E-state index < -0.39 is 0 Å².